The highest BCUT2D eigenvalue weighted by Crippen LogP contribution is 2.31. The first-order valence-electron chi connectivity index (χ1n) is 5.48. The van der Waals surface area contributed by atoms with Gasteiger partial charge in [-0.25, -0.2) is 0 Å². The highest BCUT2D eigenvalue weighted by atomic mass is 15.2. The summed E-state index contributed by atoms with van der Waals surface area (Å²) in [4.78, 5) is 2.48. The Bertz CT molecular complexity index is 359. The summed E-state index contributed by atoms with van der Waals surface area (Å²) in [6.07, 6.45) is 2.53. The van der Waals surface area contributed by atoms with Gasteiger partial charge in [0.05, 0.1) is 0 Å². The van der Waals surface area contributed by atoms with Crippen LogP contribution in [0.25, 0.3) is 0 Å². The fourth-order valence-electron chi connectivity index (χ4n) is 2.37. The van der Waals surface area contributed by atoms with Crippen LogP contribution in [0, 0.1) is 0 Å². The lowest BCUT2D eigenvalue weighted by molar-refractivity contribution is 0.481. The molecule has 1 aromatic carbocycles. The van der Waals surface area contributed by atoms with Crippen molar-refractivity contribution in [2.24, 2.45) is 0 Å². The van der Waals surface area contributed by atoms with Crippen LogP contribution in [0.4, 0.5) is 11.4 Å². The van der Waals surface area contributed by atoms with Gasteiger partial charge in [0.15, 0.2) is 0 Å². The van der Waals surface area contributed by atoms with Crippen LogP contribution < -0.4 is 10.2 Å². The Kier molecular flexibility index (Phi) is 1.69. The molecular formula is C12H16N2. The summed E-state index contributed by atoms with van der Waals surface area (Å²) in [6, 6.07) is 7.56. The van der Waals surface area contributed by atoms with Gasteiger partial charge >= 0.3 is 0 Å². The number of anilines is 2. The topological polar surface area (TPSA) is 15.3 Å². The predicted molar refractivity (Wildman–Crippen MR) is 60.1 cm³/mol. The summed E-state index contributed by atoms with van der Waals surface area (Å²) < 4.78 is 0. The molecule has 1 aromatic rings. The maximum atomic E-state index is 3.39. The molecule has 14 heavy (non-hydrogen) atoms. The van der Waals surface area contributed by atoms with E-state index in [0.717, 1.165) is 12.6 Å². The van der Waals surface area contributed by atoms with Crippen LogP contribution >= 0.6 is 0 Å². The van der Waals surface area contributed by atoms with E-state index in [2.05, 4.69) is 35.3 Å². The zero-order valence-corrected chi connectivity index (χ0v) is 8.59. The van der Waals surface area contributed by atoms with Crippen molar-refractivity contribution in [3.8, 4) is 0 Å². The average Bonchev–Trinajstić information content (AvgIpc) is 2.62. The van der Waals surface area contributed by atoms with Crippen LogP contribution in [-0.4, -0.2) is 19.1 Å². The summed E-state index contributed by atoms with van der Waals surface area (Å²) in [6.45, 7) is 4.64. The van der Waals surface area contributed by atoms with E-state index in [4.69, 9.17) is 0 Å². The normalized spacial score (nSPS) is 24.1. The van der Waals surface area contributed by atoms with E-state index < -0.39 is 0 Å². The number of hydrogen-bond acceptors (Lipinski definition) is 2. The van der Waals surface area contributed by atoms with Crippen molar-refractivity contribution in [3.63, 3.8) is 0 Å². The van der Waals surface area contributed by atoms with Crippen LogP contribution in [0.2, 0.25) is 0 Å². The third kappa shape index (κ3) is 1.10. The summed E-state index contributed by atoms with van der Waals surface area (Å²) >= 11 is 0. The highest BCUT2D eigenvalue weighted by molar-refractivity contribution is 5.64. The fourth-order valence-corrected chi connectivity index (χ4v) is 2.37. The van der Waals surface area contributed by atoms with Crippen molar-refractivity contribution >= 4 is 11.4 Å². The van der Waals surface area contributed by atoms with E-state index >= 15 is 0 Å². The van der Waals surface area contributed by atoms with Crippen molar-refractivity contribution in [2.45, 2.75) is 25.8 Å². The van der Waals surface area contributed by atoms with Gasteiger partial charge in [-0.15, -0.1) is 0 Å². The van der Waals surface area contributed by atoms with Crippen molar-refractivity contribution in [1.29, 1.82) is 0 Å². The first kappa shape index (κ1) is 8.16. The molecule has 0 aliphatic carbocycles. The highest BCUT2D eigenvalue weighted by Gasteiger charge is 2.24. The van der Waals surface area contributed by atoms with Crippen LogP contribution in [0.3, 0.4) is 0 Å². The third-order valence-corrected chi connectivity index (χ3v) is 3.45. The largest absolute Gasteiger partial charge is 0.384 e. The van der Waals surface area contributed by atoms with E-state index in [1.807, 2.05) is 0 Å². The molecule has 0 amide bonds. The minimum absolute atomic E-state index is 0.738. The summed E-state index contributed by atoms with van der Waals surface area (Å²) in [5.41, 5.74) is 4.23. The zero-order chi connectivity index (χ0) is 9.54. The lowest BCUT2D eigenvalue weighted by Gasteiger charge is -2.41. The molecule has 2 heteroatoms. The maximum Gasteiger partial charge on any atom is 0.0375 e. The van der Waals surface area contributed by atoms with Gasteiger partial charge in [0.1, 0.15) is 0 Å². The zero-order valence-electron chi connectivity index (χ0n) is 8.59. The van der Waals surface area contributed by atoms with Crippen LogP contribution in [0.15, 0.2) is 18.2 Å². The maximum absolute atomic E-state index is 3.39. The molecule has 1 unspecified atom stereocenters. The number of nitrogens with zero attached hydrogens (tertiary/aromatic N) is 1. The second-order valence-electron chi connectivity index (χ2n) is 4.35. The van der Waals surface area contributed by atoms with Gasteiger partial charge in [0, 0.05) is 30.5 Å². The Hall–Kier alpha value is -1.18. The molecule has 0 aromatic heterocycles. The smallest absolute Gasteiger partial charge is 0.0375 e. The van der Waals surface area contributed by atoms with Crippen LogP contribution in [0.1, 0.15) is 18.9 Å². The fraction of sp³-hybridized carbons (Fsp3) is 0.500. The Morgan fingerprint density at radius 3 is 3.07 bits per heavy atom. The van der Waals surface area contributed by atoms with E-state index in [1.165, 1.54) is 36.3 Å². The lowest BCUT2D eigenvalue weighted by atomic mass is 10.0. The van der Waals surface area contributed by atoms with Gasteiger partial charge < -0.3 is 10.2 Å². The standard InChI is InChI=1S/C12H16N2/c1-9-5-7-14(9)11-2-3-12-10(8-11)4-6-13-12/h2-3,8-9,13H,4-7H2,1H3. The Morgan fingerprint density at radius 2 is 2.36 bits per heavy atom. The van der Waals surface area contributed by atoms with Gasteiger partial charge in [0.2, 0.25) is 0 Å². The number of rotatable bonds is 1. The summed E-state index contributed by atoms with van der Waals surface area (Å²) in [7, 11) is 0. The Labute approximate surface area is 84.9 Å². The second kappa shape index (κ2) is 2.91. The average molecular weight is 188 g/mol. The summed E-state index contributed by atoms with van der Waals surface area (Å²) in [5, 5.41) is 3.39. The minimum atomic E-state index is 0.738. The Morgan fingerprint density at radius 1 is 1.43 bits per heavy atom. The third-order valence-electron chi connectivity index (χ3n) is 3.45. The number of fused-ring (bicyclic) bond motifs is 1. The van der Waals surface area contributed by atoms with Gasteiger partial charge in [-0.3, -0.25) is 0 Å². The minimum Gasteiger partial charge on any atom is -0.384 e. The molecule has 1 atom stereocenters. The monoisotopic (exact) mass is 188 g/mol. The van der Waals surface area contributed by atoms with E-state index in [9.17, 15) is 0 Å². The lowest BCUT2D eigenvalue weighted by Crippen LogP contribution is -2.45. The molecule has 2 heterocycles. The van der Waals surface area contributed by atoms with Crippen molar-refractivity contribution in [3.05, 3.63) is 23.8 Å². The molecule has 3 rings (SSSR count). The van der Waals surface area contributed by atoms with E-state index in [-0.39, 0.29) is 0 Å². The predicted octanol–water partition coefficient (Wildman–Crippen LogP) is 2.25. The van der Waals surface area contributed by atoms with Gasteiger partial charge in [-0.1, -0.05) is 0 Å². The molecular weight excluding hydrogens is 172 g/mol. The van der Waals surface area contributed by atoms with E-state index in [0.29, 0.717) is 0 Å². The molecule has 1 saturated heterocycles. The van der Waals surface area contributed by atoms with Gasteiger partial charge in [0.25, 0.3) is 0 Å². The van der Waals surface area contributed by atoms with Crippen LogP contribution in [-0.2, 0) is 6.42 Å². The number of nitrogens with one attached hydrogen (secondary N) is 1. The Balaban J connectivity index is 1.92. The molecule has 0 radical (unpaired) electrons. The molecule has 0 spiro atoms. The SMILES string of the molecule is CC1CCN1c1ccc2c(c1)CCN2. The van der Waals surface area contributed by atoms with Gasteiger partial charge in [-0.2, -0.15) is 0 Å². The second-order valence-corrected chi connectivity index (χ2v) is 4.35. The van der Waals surface area contributed by atoms with Gasteiger partial charge in [-0.05, 0) is 43.5 Å². The molecule has 2 aliphatic heterocycles. The van der Waals surface area contributed by atoms with Crippen molar-refractivity contribution < 1.29 is 0 Å². The van der Waals surface area contributed by atoms with Crippen molar-refractivity contribution in [1.82, 2.24) is 0 Å². The quantitative estimate of drug-likeness (QED) is 0.727. The molecule has 2 nitrogen and oxygen atoms in total. The van der Waals surface area contributed by atoms with Crippen molar-refractivity contribution in [2.75, 3.05) is 23.3 Å². The molecule has 0 saturated carbocycles. The number of hydrogen-bond donors (Lipinski definition) is 1. The van der Waals surface area contributed by atoms with E-state index in [1.54, 1.807) is 0 Å². The summed E-state index contributed by atoms with van der Waals surface area (Å²) in [5.74, 6) is 0. The molecule has 74 valence electrons. The van der Waals surface area contributed by atoms with Crippen LogP contribution in [0.5, 0.6) is 0 Å². The molecule has 1 N–H and O–H groups in total. The molecule has 1 fully saturated rings. The molecule has 2 aliphatic rings. The first-order chi connectivity index (χ1) is 6.84. The number of benzene rings is 1. The molecule has 0 bridgehead atoms. The first-order valence-corrected chi connectivity index (χ1v) is 5.48.